The molecule has 0 fully saturated rings. The Labute approximate surface area is 84.0 Å². The summed E-state index contributed by atoms with van der Waals surface area (Å²) in [4.78, 5) is 10.7. The highest BCUT2D eigenvalue weighted by Crippen LogP contribution is 1.87. The van der Waals surface area contributed by atoms with Gasteiger partial charge in [-0.2, -0.15) is 0 Å². The third-order valence-electron chi connectivity index (χ3n) is 1.39. The van der Waals surface area contributed by atoms with Gasteiger partial charge < -0.3 is 19.3 Å². The molecule has 1 atom stereocenters. The number of esters is 1. The Morgan fingerprint density at radius 1 is 1.21 bits per heavy atom. The number of aliphatic hydroxyl groups is 1. The molecule has 0 aliphatic heterocycles. The number of aliphatic hydroxyl groups excluding tert-OH is 1. The Morgan fingerprint density at radius 3 is 2.36 bits per heavy atom. The summed E-state index contributed by atoms with van der Waals surface area (Å²) in [6, 6.07) is 0. The van der Waals surface area contributed by atoms with Crippen molar-refractivity contribution in [1.29, 1.82) is 0 Å². The summed E-state index contributed by atoms with van der Waals surface area (Å²) in [6.45, 7) is 5.45. The smallest absolute Gasteiger partial charge is 0.334 e. The van der Waals surface area contributed by atoms with Crippen LogP contribution in [0.5, 0.6) is 0 Å². The summed E-state index contributed by atoms with van der Waals surface area (Å²) in [5.74, 6) is -0.626. The molecule has 0 rings (SSSR count). The molecular formula is C9H18O5. The van der Waals surface area contributed by atoms with Gasteiger partial charge in [-0.15, -0.1) is 0 Å². The molecule has 14 heavy (non-hydrogen) atoms. The average molecular weight is 206 g/mol. The summed E-state index contributed by atoms with van der Waals surface area (Å²) >= 11 is 0. The van der Waals surface area contributed by atoms with Crippen LogP contribution in [0.1, 0.15) is 13.8 Å². The monoisotopic (exact) mass is 206 g/mol. The quantitative estimate of drug-likeness (QED) is 0.446. The highest BCUT2D eigenvalue weighted by Gasteiger charge is 2.08. The van der Waals surface area contributed by atoms with Gasteiger partial charge >= 0.3 is 5.97 Å². The SMILES string of the molecule is CCOCCOCCOC(=O)C(C)O. The summed E-state index contributed by atoms with van der Waals surface area (Å²) in [7, 11) is 0. The van der Waals surface area contributed by atoms with E-state index in [-0.39, 0.29) is 6.61 Å². The zero-order chi connectivity index (χ0) is 10.8. The van der Waals surface area contributed by atoms with Gasteiger partial charge in [-0.05, 0) is 13.8 Å². The molecular weight excluding hydrogens is 188 g/mol. The zero-order valence-corrected chi connectivity index (χ0v) is 8.69. The molecule has 0 saturated heterocycles. The second-order valence-corrected chi connectivity index (χ2v) is 2.65. The maximum absolute atomic E-state index is 10.7. The lowest BCUT2D eigenvalue weighted by Crippen LogP contribution is -2.21. The van der Waals surface area contributed by atoms with Gasteiger partial charge in [0.25, 0.3) is 0 Å². The van der Waals surface area contributed by atoms with Crippen molar-refractivity contribution in [1.82, 2.24) is 0 Å². The van der Waals surface area contributed by atoms with E-state index in [4.69, 9.17) is 14.6 Å². The van der Waals surface area contributed by atoms with Crippen LogP contribution in [-0.2, 0) is 19.0 Å². The summed E-state index contributed by atoms with van der Waals surface area (Å²) in [5, 5.41) is 8.76. The Balaban J connectivity index is 3.10. The maximum Gasteiger partial charge on any atom is 0.334 e. The lowest BCUT2D eigenvalue weighted by molar-refractivity contribution is -0.154. The van der Waals surface area contributed by atoms with E-state index in [2.05, 4.69) is 4.74 Å². The van der Waals surface area contributed by atoms with E-state index in [0.29, 0.717) is 26.4 Å². The molecule has 1 unspecified atom stereocenters. The fourth-order valence-corrected chi connectivity index (χ4v) is 0.686. The van der Waals surface area contributed by atoms with Crippen molar-refractivity contribution in [3.05, 3.63) is 0 Å². The maximum atomic E-state index is 10.7. The number of carbonyl (C=O) groups is 1. The largest absolute Gasteiger partial charge is 0.461 e. The standard InChI is InChI=1S/C9H18O5/c1-3-12-4-5-13-6-7-14-9(11)8(2)10/h8,10H,3-7H2,1-2H3. The zero-order valence-electron chi connectivity index (χ0n) is 8.69. The van der Waals surface area contributed by atoms with Gasteiger partial charge in [-0.3, -0.25) is 0 Å². The first-order valence-electron chi connectivity index (χ1n) is 4.68. The van der Waals surface area contributed by atoms with Crippen molar-refractivity contribution >= 4 is 5.97 Å². The second-order valence-electron chi connectivity index (χ2n) is 2.65. The Hall–Kier alpha value is -0.650. The van der Waals surface area contributed by atoms with Crippen LogP contribution in [0, 0.1) is 0 Å². The van der Waals surface area contributed by atoms with Gasteiger partial charge in [0.2, 0.25) is 0 Å². The first-order chi connectivity index (χ1) is 6.68. The van der Waals surface area contributed by atoms with Crippen molar-refractivity contribution in [2.75, 3.05) is 33.0 Å². The summed E-state index contributed by atoms with van der Waals surface area (Å²) < 4.78 is 14.8. The van der Waals surface area contributed by atoms with Crippen LogP contribution in [0.4, 0.5) is 0 Å². The van der Waals surface area contributed by atoms with Crippen LogP contribution in [0.25, 0.3) is 0 Å². The third-order valence-corrected chi connectivity index (χ3v) is 1.39. The molecule has 0 aliphatic rings. The van der Waals surface area contributed by atoms with Crippen molar-refractivity contribution in [3.8, 4) is 0 Å². The van der Waals surface area contributed by atoms with Crippen molar-refractivity contribution < 1.29 is 24.1 Å². The topological polar surface area (TPSA) is 65.0 Å². The van der Waals surface area contributed by atoms with Gasteiger partial charge in [0.1, 0.15) is 12.7 Å². The fraction of sp³-hybridized carbons (Fsp3) is 0.889. The molecule has 0 heterocycles. The van der Waals surface area contributed by atoms with Crippen molar-refractivity contribution in [3.63, 3.8) is 0 Å². The number of ether oxygens (including phenoxy) is 3. The highest BCUT2D eigenvalue weighted by atomic mass is 16.6. The van der Waals surface area contributed by atoms with Gasteiger partial charge in [-0.1, -0.05) is 0 Å². The van der Waals surface area contributed by atoms with E-state index >= 15 is 0 Å². The lowest BCUT2D eigenvalue weighted by Gasteiger charge is -2.07. The van der Waals surface area contributed by atoms with Gasteiger partial charge in [0.15, 0.2) is 0 Å². The highest BCUT2D eigenvalue weighted by molar-refractivity contribution is 5.73. The molecule has 0 aliphatic carbocycles. The first-order valence-corrected chi connectivity index (χ1v) is 4.68. The molecule has 0 radical (unpaired) electrons. The molecule has 0 aromatic heterocycles. The minimum absolute atomic E-state index is 0.163. The van der Waals surface area contributed by atoms with Crippen LogP contribution >= 0.6 is 0 Å². The Morgan fingerprint density at radius 2 is 1.79 bits per heavy atom. The van der Waals surface area contributed by atoms with Gasteiger partial charge in [0, 0.05) is 6.61 Å². The van der Waals surface area contributed by atoms with E-state index in [1.165, 1.54) is 6.92 Å². The Kier molecular flexibility index (Phi) is 8.51. The number of carbonyl (C=O) groups excluding carboxylic acids is 1. The molecule has 0 spiro atoms. The molecule has 0 saturated carbocycles. The van der Waals surface area contributed by atoms with Gasteiger partial charge in [-0.25, -0.2) is 4.79 Å². The van der Waals surface area contributed by atoms with E-state index in [0.717, 1.165) is 0 Å². The predicted molar refractivity (Wildman–Crippen MR) is 50.0 cm³/mol. The second kappa shape index (κ2) is 8.93. The van der Waals surface area contributed by atoms with Crippen LogP contribution in [0.3, 0.4) is 0 Å². The first kappa shape index (κ1) is 13.4. The average Bonchev–Trinajstić information content (AvgIpc) is 2.16. The minimum atomic E-state index is -1.07. The van der Waals surface area contributed by atoms with Gasteiger partial charge in [0.05, 0.1) is 19.8 Å². The van der Waals surface area contributed by atoms with Crippen molar-refractivity contribution in [2.24, 2.45) is 0 Å². The lowest BCUT2D eigenvalue weighted by atomic mass is 10.4. The molecule has 5 nitrogen and oxygen atoms in total. The normalized spacial score (nSPS) is 12.5. The molecule has 0 aromatic rings. The van der Waals surface area contributed by atoms with Crippen LogP contribution in [-0.4, -0.2) is 50.2 Å². The molecule has 0 bridgehead atoms. The van der Waals surface area contributed by atoms with Crippen LogP contribution in [0.2, 0.25) is 0 Å². The number of hydrogen-bond acceptors (Lipinski definition) is 5. The van der Waals surface area contributed by atoms with E-state index < -0.39 is 12.1 Å². The molecule has 0 aromatic carbocycles. The molecule has 5 heteroatoms. The number of rotatable bonds is 8. The third kappa shape index (κ3) is 7.97. The molecule has 0 amide bonds. The van der Waals surface area contributed by atoms with Crippen LogP contribution < -0.4 is 0 Å². The number of hydrogen-bond donors (Lipinski definition) is 1. The van der Waals surface area contributed by atoms with Crippen LogP contribution in [0.15, 0.2) is 0 Å². The van der Waals surface area contributed by atoms with E-state index in [1.807, 2.05) is 6.92 Å². The molecule has 84 valence electrons. The predicted octanol–water partition coefficient (Wildman–Crippen LogP) is -0.0365. The molecule has 1 N–H and O–H groups in total. The van der Waals surface area contributed by atoms with E-state index in [1.54, 1.807) is 0 Å². The fourth-order valence-electron chi connectivity index (χ4n) is 0.686. The summed E-state index contributed by atoms with van der Waals surface area (Å²) in [5.41, 5.74) is 0. The Bertz CT molecular complexity index is 146. The minimum Gasteiger partial charge on any atom is -0.461 e. The van der Waals surface area contributed by atoms with Crippen molar-refractivity contribution in [2.45, 2.75) is 20.0 Å². The summed E-state index contributed by atoms with van der Waals surface area (Å²) in [6.07, 6.45) is -1.07. The van der Waals surface area contributed by atoms with E-state index in [9.17, 15) is 4.79 Å².